The van der Waals surface area contributed by atoms with Crippen molar-refractivity contribution in [2.75, 3.05) is 5.73 Å². The first-order chi connectivity index (χ1) is 9.56. The van der Waals surface area contributed by atoms with Crippen molar-refractivity contribution >= 4 is 24.0 Å². The molecular formula is C16H20ClN3O. The minimum absolute atomic E-state index is 0. The van der Waals surface area contributed by atoms with Crippen LogP contribution in [0.15, 0.2) is 42.6 Å². The molecule has 0 saturated carbocycles. The fraction of sp³-hybridized carbons (Fsp3) is 0.250. The predicted octanol–water partition coefficient (Wildman–Crippen LogP) is 3.14. The Balaban J connectivity index is 0.00000220. The largest absolute Gasteiger partial charge is 0.397 e. The summed E-state index contributed by atoms with van der Waals surface area (Å²) in [6.07, 6.45) is 1.48. The summed E-state index contributed by atoms with van der Waals surface area (Å²) in [7, 11) is 0. The lowest BCUT2D eigenvalue weighted by atomic mass is 10.0. The van der Waals surface area contributed by atoms with E-state index in [1.807, 2.05) is 12.1 Å². The Kier molecular flexibility index (Phi) is 6.18. The van der Waals surface area contributed by atoms with Crippen molar-refractivity contribution in [3.8, 4) is 0 Å². The number of rotatable bonds is 4. The lowest BCUT2D eigenvalue weighted by Gasteiger charge is -2.08. The van der Waals surface area contributed by atoms with Gasteiger partial charge in [-0.15, -0.1) is 12.4 Å². The topological polar surface area (TPSA) is 68.0 Å². The van der Waals surface area contributed by atoms with Gasteiger partial charge in [0.1, 0.15) is 5.69 Å². The monoisotopic (exact) mass is 305 g/mol. The maximum atomic E-state index is 11.9. The van der Waals surface area contributed by atoms with Gasteiger partial charge in [0.25, 0.3) is 5.91 Å². The number of hydrogen-bond donors (Lipinski definition) is 2. The number of nitrogen functional groups attached to an aromatic ring is 1. The minimum atomic E-state index is -0.196. The molecule has 4 nitrogen and oxygen atoms in total. The van der Waals surface area contributed by atoms with Crippen LogP contribution in [0.5, 0.6) is 0 Å². The van der Waals surface area contributed by atoms with Crippen LogP contribution < -0.4 is 11.1 Å². The summed E-state index contributed by atoms with van der Waals surface area (Å²) in [4.78, 5) is 15.9. The van der Waals surface area contributed by atoms with E-state index in [1.165, 1.54) is 11.8 Å². The van der Waals surface area contributed by atoms with Gasteiger partial charge in [-0.2, -0.15) is 0 Å². The summed E-state index contributed by atoms with van der Waals surface area (Å²) in [5.74, 6) is 0.315. The Morgan fingerprint density at radius 1 is 1.19 bits per heavy atom. The molecule has 1 aromatic heterocycles. The van der Waals surface area contributed by atoms with E-state index in [0.717, 1.165) is 5.56 Å². The summed E-state index contributed by atoms with van der Waals surface area (Å²) in [5, 5.41) is 2.84. The van der Waals surface area contributed by atoms with Crippen LogP contribution in [0.3, 0.4) is 0 Å². The molecule has 0 spiro atoms. The molecule has 0 radical (unpaired) electrons. The Labute approximate surface area is 131 Å². The average molecular weight is 306 g/mol. The van der Waals surface area contributed by atoms with E-state index in [0.29, 0.717) is 23.8 Å². The lowest BCUT2D eigenvalue weighted by Crippen LogP contribution is -2.23. The van der Waals surface area contributed by atoms with Crippen LogP contribution >= 0.6 is 12.4 Å². The highest BCUT2D eigenvalue weighted by Gasteiger charge is 2.06. The molecule has 112 valence electrons. The second-order valence-electron chi connectivity index (χ2n) is 5.06. The van der Waals surface area contributed by atoms with E-state index in [-0.39, 0.29) is 18.3 Å². The smallest absolute Gasteiger partial charge is 0.270 e. The van der Waals surface area contributed by atoms with E-state index in [1.54, 1.807) is 12.1 Å². The molecule has 0 bridgehead atoms. The first-order valence-corrected chi connectivity index (χ1v) is 6.65. The van der Waals surface area contributed by atoms with Crippen LogP contribution in [0, 0.1) is 0 Å². The summed E-state index contributed by atoms with van der Waals surface area (Å²) in [6.45, 7) is 4.80. The quantitative estimate of drug-likeness (QED) is 0.912. The molecule has 0 aliphatic carbocycles. The van der Waals surface area contributed by atoms with Crippen LogP contribution in [-0.2, 0) is 6.54 Å². The average Bonchev–Trinajstić information content (AvgIpc) is 2.46. The number of nitrogens with one attached hydrogen (secondary N) is 1. The molecule has 1 heterocycles. The molecule has 0 fully saturated rings. The van der Waals surface area contributed by atoms with Crippen molar-refractivity contribution < 1.29 is 4.79 Å². The SMILES string of the molecule is CC(C)c1ccc(CNC(=O)c2ccc(N)cn2)cc1.Cl. The number of anilines is 1. The molecule has 0 saturated heterocycles. The molecule has 1 aromatic carbocycles. The van der Waals surface area contributed by atoms with E-state index in [9.17, 15) is 4.79 Å². The zero-order valence-corrected chi connectivity index (χ0v) is 13.0. The number of halogens is 1. The first-order valence-electron chi connectivity index (χ1n) is 6.65. The number of pyridine rings is 1. The van der Waals surface area contributed by atoms with Crippen LogP contribution in [0.1, 0.15) is 41.4 Å². The van der Waals surface area contributed by atoms with Gasteiger partial charge >= 0.3 is 0 Å². The number of carbonyl (C=O) groups excluding carboxylic acids is 1. The summed E-state index contributed by atoms with van der Waals surface area (Å²) in [6, 6.07) is 11.5. The highest BCUT2D eigenvalue weighted by Crippen LogP contribution is 2.14. The van der Waals surface area contributed by atoms with Gasteiger partial charge < -0.3 is 11.1 Å². The molecular weight excluding hydrogens is 286 g/mol. The molecule has 0 aliphatic rings. The Morgan fingerprint density at radius 2 is 1.86 bits per heavy atom. The van der Waals surface area contributed by atoms with E-state index < -0.39 is 0 Å². The predicted molar refractivity (Wildman–Crippen MR) is 87.6 cm³/mol. The van der Waals surface area contributed by atoms with Crippen LogP contribution in [0.2, 0.25) is 0 Å². The zero-order chi connectivity index (χ0) is 14.5. The summed E-state index contributed by atoms with van der Waals surface area (Å²) in [5.41, 5.74) is 8.82. The third-order valence-electron chi connectivity index (χ3n) is 3.12. The Morgan fingerprint density at radius 3 is 2.38 bits per heavy atom. The minimum Gasteiger partial charge on any atom is -0.397 e. The normalized spacial score (nSPS) is 10.0. The van der Waals surface area contributed by atoms with Crippen molar-refractivity contribution in [2.45, 2.75) is 26.3 Å². The van der Waals surface area contributed by atoms with Gasteiger partial charge in [0.15, 0.2) is 0 Å². The van der Waals surface area contributed by atoms with Gasteiger partial charge in [0.2, 0.25) is 0 Å². The number of carbonyl (C=O) groups is 1. The van der Waals surface area contributed by atoms with Gasteiger partial charge in [-0.1, -0.05) is 38.1 Å². The first kappa shape index (κ1) is 17.0. The molecule has 5 heteroatoms. The third-order valence-corrected chi connectivity index (χ3v) is 3.12. The van der Waals surface area contributed by atoms with Gasteiger partial charge in [-0.25, -0.2) is 4.98 Å². The number of hydrogen-bond acceptors (Lipinski definition) is 3. The van der Waals surface area contributed by atoms with Gasteiger partial charge in [-0.05, 0) is 29.2 Å². The number of nitrogens with zero attached hydrogens (tertiary/aromatic N) is 1. The number of nitrogens with two attached hydrogens (primary N) is 1. The van der Waals surface area contributed by atoms with Crippen LogP contribution in [-0.4, -0.2) is 10.9 Å². The molecule has 2 rings (SSSR count). The second-order valence-corrected chi connectivity index (χ2v) is 5.06. The molecule has 1 amide bonds. The van der Waals surface area contributed by atoms with Gasteiger partial charge in [0.05, 0.1) is 11.9 Å². The molecule has 3 N–H and O–H groups in total. The summed E-state index contributed by atoms with van der Waals surface area (Å²) < 4.78 is 0. The van der Waals surface area contributed by atoms with Gasteiger partial charge in [-0.3, -0.25) is 4.79 Å². The number of aromatic nitrogens is 1. The van der Waals surface area contributed by atoms with E-state index in [4.69, 9.17) is 5.73 Å². The summed E-state index contributed by atoms with van der Waals surface area (Å²) >= 11 is 0. The highest BCUT2D eigenvalue weighted by molar-refractivity contribution is 5.92. The van der Waals surface area contributed by atoms with Crippen molar-refractivity contribution in [3.63, 3.8) is 0 Å². The van der Waals surface area contributed by atoms with Crippen LogP contribution in [0.25, 0.3) is 0 Å². The van der Waals surface area contributed by atoms with Crippen molar-refractivity contribution in [1.82, 2.24) is 10.3 Å². The van der Waals surface area contributed by atoms with Crippen LogP contribution in [0.4, 0.5) is 5.69 Å². The molecule has 0 unspecified atom stereocenters. The molecule has 0 atom stereocenters. The molecule has 21 heavy (non-hydrogen) atoms. The highest BCUT2D eigenvalue weighted by atomic mass is 35.5. The number of benzene rings is 1. The number of amides is 1. The molecule has 2 aromatic rings. The Hall–Kier alpha value is -2.07. The van der Waals surface area contributed by atoms with E-state index >= 15 is 0 Å². The Bertz CT molecular complexity index is 579. The fourth-order valence-corrected chi connectivity index (χ4v) is 1.83. The van der Waals surface area contributed by atoms with E-state index in [2.05, 4.69) is 36.3 Å². The maximum Gasteiger partial charge on any atom is 0.270 e. The second kappa shape index (κ2) is 7.64. The molecule has 0 aliphatic heterocycles. The van der Waals surface area contributed by atoms with Crippen molar-refractivity contribution in [3.05, 3.63) is 59.4 Å². The standard InChI is InChI=1S/C16H19N3O.ClH/c1-11(2)13-5-3-12(4-6-13)9-19-16(20)15-8-7-14(17)10-18-15;/h3-8,10-11H,9,17H2,1-2H3,(H,19,20);1H. The maximum absolute atomic E-state index is 11.9. The third kappa shape index (κ3) is 4.76. The fourth-order valence-electron chi connectivity index (χ4n) is 1.83. The van der Waals surface area contributed by atoms with Crippen molar-refractivity contribution in [1.29, 1.82) is 0 Å². The van der Waals surface area contributed by atoms with Crippen molar-refractivity contribution in [2.24, 2.45) is 0 Å². The lowest BCUT2D eigenvalue weighted by molar-refractivity contribution is 0.0946. The zero-order valence-electron chi connectivity index (χ0n) is 12.2. The van der Waals surface area contributed by atoms with Gasteiger partial charge in [0, 0.05) is 6.54 Å².